The van der Waals surface area contributed by atoms with Crippen LogP contribution in [0.15, 0.2) is 6.07 Å². The molecule has 1 aromatic rings. The molecule has 3 N–H and O–H groups in total. The highest BCUT2D eigenvalue weighted by Gasteiger charge is 2.22. The Labute approximate surface area is 108 Å². The quantitative estimate of drug-likeness (QED) is 0.545. The minimum atomic E-state index is -1.71. The smallest absolute Gasteiger partial charge is 0.254 e. The van der Waals surface area contributed by atoms with Crippen molar-refractivity contribution in [3.05, 3.63) is 29.1 Å². The lowest BCUT2D eigenvalue weighted by molar-refractivity contribution is 0.0947. The molecular formula is C12H15F3N2O2. The third kappa shape index (κ3) is 3.85. The van der Waals surface area contributed by atoms with Crippen LogP contribution in [0.3, 0.4) is 0 Å². The second-order valence-electron chi connectivity index (χ2n) is 3.85. The number of hydrogen-bond donors (Lipinski definition) is 3. The van der Waals surface area contributed by atoms with E-state index in [1.807, 2.05) is 6.92 Å². The first-order chi connectivity index (χ1) is 8.99. The summed E-state index contributed by atoms with van der Waals surface area (Å²) in [6.45, 7) is 3.64. The highest BCUT2D eigenvalue weighted by molar-refractivity contribution is 5.94. The number of aromatic hydroxyl groups is 1. The minimum absolute atomic E-state index is 0.255. The molecule has 0 fully saturated rings. The molecule has 0 aliphatic rings. The van der Waals surface area contributed by atoms with Gasteiger partial charge in [0.05, 0.1) is 5.56 Å². The minimum Gasteiger partial charge on any atom is -0.503 e. The SMILES string of the molecule is CCNCCCNC(=O)c1cc(F)c(F)c(O)c1F. The molecule has 106 valence electrons. The van der Waals surface area contributed by atoms with Crippen molar-refractivity contribution in [3.8, 4) is 5.75 Å². The Kier molecular flexibility index (Phi) is 5.62. The van der Waals surface area contributed by atoms with Gasteiger partial charge in [0.15, 0.2) is 17.4 Å². The van der Waals surface area contributed by atoms with Gasteiger partial charge in [-0.3, -0.25) is 4.79 Å². The summed E-state index contributed by atoms with van der Waals surface area (Å²) in [7, 11) is 0. The van der Waals surface area contributed by atoms with E-state index in [4.69, 9.17) is 5.11 Å². The van der Waals surface area contributed by atoms with Crippen molar-refractivity contribution < 1.29 is 23.1 Å². The van der Waals surface area contributed by atoms with Gasteiger partial charge in [-0.15, -0.1) is 0 Å². The molecule has 1 amide bonds. The van der Waals surface area contributed by atoms with Crippen molar-refractivity contribution in [2.75, 3.05) is 19.6 Å². The summed E-state index contributed by atoms with van der Waals surface area (Å²) in [5, 5.41) is 14.4. The Hall–Kier alpha value is -1.76. The van der Waals surface area contributed by atoms with Gasteiger partial charge in [0, 0.05) is 6.54 Å². The lowest BCUT2D eigenvalue weighted by Crippen LogP contribution is -2.28. The van der Waals surface area contributed by atoms with E-state index in [0.717, 1.165) is 6.54 Å². The molecule has 19 heavy (non-hydrogen) atoms. The third-order valence-corrected chi connectivity index (χ3v) is 2.44. The Morgan fingerprint density at radius 2 is 1.95 bits per heavy atom. The summed E-state index contributed by atoms with van der Waals surface area (Å²) in [5.74, 6) is -7.04. The van der Waals surface area contributed by atoms with E-state index in [9.17, 15) is 18.0 Å². The number of carbonyl (C=O) groups is 1. The molecule has 0 saturated heterocycles. The number of benzene rings is 1. The molecule has 1 aromatic carbocycles. The van der Waals surface area contributed by atoms with Crippen LogP contribution in [0.4, 0.5) is 13.2 Å². The molecular weight excluding hydrogens is 261 g/mol. The van der Waals surface area contributed by atoms with Crippen LogP contribution in [0, 0.1) is 17.5 Å². The van der Waals surface area contributed by atoms with Crippen LogP contribution in [-0.4, -0.2) is 30.6 Å². The van der Waals surface area contributed by atoms with Crippen LogP contribution in [-0.2, 0) is 0 Å². The van der Waals surface area contributed by atoms with E-state index in [1.165, 1.54) is 0 Å². The van der Waals surface area contributed by atoms with E-state index >= 15 is 0 Å². The molecule has 1 rings (SSSR count). The largest absolute Gasteiger partial charge is 0.503 e. The molecule has 0 radical (unpaired) electrons. The number of nitrogens with one attached hydrogen (secondary N) is 2. The first kappa shape index (κ1) is 15.3. The summed E-state index contributed by atoms with van der Waals surface area (Å²) in [4.78, 5) is 11.5. The van der Waals surface area contributed by atoms with Gasteiger partial charge in [-0.05, 0) is 25.6 Å². The Morgan fingerprint density at radius 1 is 1.26 bits per heavy atom. The lowest BCUT2D eigenvalue weighted by Gasteiger charge is -2.08. The zero-order chi connectivity index (χ0) is 14.4. The summed E-state index contributed by atoms with van der Waals surface area (Å²) >= 11 is 0. The molecule has 0 atom stereocenters. The van der Waals surface area contributed by atoms with E-state index < -0.39 is 34.7 Å². The summed E-state index contributed by atoms with van der Waals surface area (Å²) in [6.07, 6.45) is 0.608. The average molecular weight is 276 g/mol. The molecule has 0 aromatic heterocycles. The van der Waals surface area contributed by atoms with Crippen molar-refractivity contribution in [2.45, 2.75) is 13.3 Å². The third-order valence-electron chi connectivity index (χ3n) is 2.44. The van der Waals surface area contributed by atoms with E-state index in [-0.39, 0.29) is 6.54 Å². The van der Waals surface area contributed by atoms with Crippen LogP contribution < -0.4 is 10.6 Å². The molecule has 4 nitrogen and oxygen atoms in total. The van der Waals surface area contributed by atoms with Crippen LogP contribution in [0.2, 0.25) is 0 Å². The second-order valence-corrected chi connectivity index (χ2v) is 3.85. The van der Waals surface area contributed by atoms with Gasteiger partial charge in [0.1, 0.15) is 0 Å². The lowest BCUT2D eigenvalue weighted by atomic mass is 10.1. The van der Waals surface area contributed by atoms with E-state index in [2.05, 4.69) is 10.6 Å². The Morgan fingerprint density at radius 3 is 2.58 bits per heavy atom. The number of hydrogen-bond acceptors (Lipinski definition) is 3. The number of phenolic OH excluding ortho intramolecular Hbond substituents is 1. The second kappa shape index (κ2) is 6.98. The van der Waals surface area contributed by atoms with Crippen LogP contribution in [0.1, 0.15) is 23.7 Å². The van der Waals surface area contributed by atoms with Crippen LogP contribution >= 0.6 is 0 Å². The highest BCUT2D eigenvalue weighted by Crippen LogP contribution is 2.25. The first-order valence-corrected chi connectivity index (χ1v) is 5.84. The van der Waals surface area contributed by atoms with Gasteiger partial charge in [-0.1, -0.05) is 6.92 Å². The summed E-state index contributed by atoms with van der Waals surface area (Å²) in [5.41, 5.74) is -0.722. The van der Waals surface area contributed by atoms with Gasteiger partial charge < -0.3 is 15.7 Å². The average Bonchev–Trinajstić information content (AvgIpc) is 2.40. The topological polar surface area (TPSA) is 61.4 Å². The molecule has 0 bridgehead atoms. The fraction of sp³-hybridized carbons (Fsp3) is 0.417. The van der Waals surface area contributed by atoms with Crippen molar-refractivity contribution in [1.29, 1.82) is 0 Å². The number of amides is 1. The summed E-state index contributed by atoms with van der Waals surface area (Å²) in [6, 6.07) is 0.421. The van der Waals surface area contributed by atoms with E-state index in [1.54, 1.807) is 0 Å². The van der Waals surface area contributed by atoms with Gasteiger partial charge in [-0.2, -0.15) is 4.39 Å². The van der Waals surface area contributed by atoms with Crippen molar-refractivity contribution in [2.24, 2.45) is 0 Å². The summed E-state index contributed by atoms with van der Waals surface area (Å²) < 4.78 is 39.2. The van der Waals surface area contributed by atoms with E-state index in [0.29, 0.717) is 19.0 Å². The van der Waals surface area contributed by atoms with Crippen molar-refractivity contribution >= 4 is 5.91 Å². The molecule has 0 unspecified atom stereocenters. The predicted molar refractivity (Wildman–Crippen MR) is 63.5 cm³/mol. The Bertz CT molecular complexity index is 467. The van der Waals surface area contributed by atoms with Gasteiger partial charge >= 0.3 is 0 Å². The fourth-order valence-electron chi connectivity index (χ4n) is 1.44. The first-order valence-electron chi connectivity index (χ1n) is 5.84. The monoisotopic (exact) mass is 276 g/mol. The molecule has 0 spiro atoms. The van der Waals surface area contributed by atoms with Crippen LogP contribution in [0.5, 0.6) is 5.75 Å². The maximum Gasteiger partial charge on any atom is 0.254 e. The molecule has 7 heteroatoms. The van der Waals surface area contributed by atoms with Gasteiger partial charge in [-0.25, -0.2) is 8.78 Å². The number of carbonyl (C=O) groups excluding carboxylic acids is 1. The van der Waals surface area contributed by atoms with Gasteiger partial charge in [0.25, 0.3) is 5.91 Å². The van der Waals surface area contributed by atoms with Crippen molar-refractivity contribution in [1.82, 2.24) is 10.6 Å². The number of rotatable bonds is 6. The standard InChI is InChI=1S/C12H15F3N2O2/c1-2-16-4-3-5-17-12(19)7-6-8(13)10(15)11(18)9(7)14/h6,16,18H,2-5H2,1H3,(H,17,19). The number of phenols is 1. The fourth-order valence-corrected chi connectivity index (χ4v) is 1.44. The Balaban J connectivity index is 2.67. The molecule has 0 heterocycles. The molecule has 0 aliphatic carbocycles. The zero-order valence-corrected chi connectivity index (χ0v) is 10.4. The maximum absolute atomic E-state index is 13.4. The highest BCUT2D eigenvalue weighted by atomic mass is 19.2. The number of halogens is 3. The van der Waals surface area contributed by atoms with Crippen molar-refractivity contribution in [3.63, 3.8) is 0 Å². The maximum atomic E-state index is 13.4. The van der Waals surface area contributed by atoms with Crippen LogP contribution in [0.25, 0.3) is 0 Å². The molecule has 0 saturated carbocycles. The predicted octanol–water partition coefficient (Wildman–Crippen LogP) is 1.54. The van der Waals surface area contributed by atoms with Gasteiger partial charge in [0.2, 0.25) is 5.82 Å². The zero-order valence-electron chi connectivity index (χ0n) is 10.4. The normalized spacial score (nSPS) is 10.5. The molecule has 0 aliphatic heterocycles.